The van der Waals surface area contributed by atoms with Gasteiger partial charge in [0.25, 0.3) is 0 Å². The summed E-state index contributed by atoms with van der Waals surface area (Å²) in [6, 6.07) is 17.9. The maximum Gasteiger partial charge on any atom is 0.227 e. The number of hydrogen-bond acceptors (Lipinski definition) is 5. The summed E-state index contributed by atoms with van der Waals surface area (Å²) in [4.78, 5) is 21.3. The van der Waals surface area contributed by atoms with Gasteiger partial charge in [-0.1, -0.05) is 28.1 Å². The molecule has 30 heavy (non-hydrogen) atoms. The second-order valence-corrected chi connectivity index (χ2v) is 7.82. The molecule has 0 aliphatic heterocycles. The van der Waals surface area contributed by atoms with Crippen LogP contribution >= 0.6 is 15.9 Å². The van der Waals surface area contributed by atoms with Gasteiger partial charge < -0.3 is 10.3 Å². The summed E-state index contributed by atoms with van der Waals surface area (Å²) >= 11 is 3.50. The minimum Gasteiger partial charge on any atom is -0.338 e. The van der Waals surface area contributed by atoms with E-state index in [0.29, 0.717) is 5.95 Å². The monoisotopic (exact) mass is 456 g/mol. The van der Waals surface area contributed by atoms with Crippen LogP contribution in [0, 0.1) is 6.92 Å². The molecule has 0 fully saturated rings. The number of imidazole rings is 1. The highest BCUT2D eigenvalue weighted by atomic mass is 79.9. The lowest BCUT2D eigenvalue weighted by Gasteiger charge is -2.10. The van der Waals surface area contributed by atoms with E-state index in [1.807, 2.05) is 43.3 Å². The van der Waals surface area contributed by atoms with Crippen LogP contribution in [-0.4, -0.2) is 24.9 Å². The first-order valence-corrected chi connectivity index (χ1v) is 10.2. The molecule has 2 aromatic carbocycles. The van der Waals surface area contributed by atoms with Crippen molar-refractivity contribution in [3.63, 3.8) is 0 Å². The van der Waals surface area contributed by atoms with E-state index in [4.69, 9.17) is 4.98 Å². The molecule has 0 radical (unpaired) electrons. The standard InChI is InChI=1S/C23H17BrN6/c1-14-4-5-15(22-27-19-7-6-17(24)12-21(19)28-22)11-20(14)30-23-26-10-8-18(29-23)16-3-2-9-25-13-16/h2-13H,1H3,(H,27,28)(H,26,29,30). The zero-order valence-corrected chi connectivity index (χ0v) is 17.7. The lowest BCUT2D eigenvalue weighted by molar-refractivity contribution is 1.16. The van der Waals surface area contributed by atoms with Crippen LogP contribution in [0.4, 0.5) is 11.6 Å². The Hall–Kier alpha value is -3.58. The van der Waals surface area contributed by atoms with Crippen LogP contribution in [-0.2, 0) is 0 Å². The van der Waals surface area contributed by atoms with Gasteiger partial charge in [-0.2, -0.15) is 0 Å². The second kappa shape index (κ2) is 7.68. The number of halogens is 1. The Bertz CT molecular complexity index is 1350. The van der Waals surface area contributed by atoms with E-state index in [-0.39, 0.29) is 0 Å². The summed E-state index contributed by atoms with van der Waals surface area (Å²) in [6.07, 6.45) is 5.28. The van der Waals surface area contributed by atoms with Crippen molar-refractivity contribution >= 4 is 38.6 Å². The van der Waals surface area contributed by atoms with E-state index in [2.05, 4.69) is 59.4 Å². The summed E-state index contributed by atoms with van der Waals surface area (Å²) in [5.41, 5.74) is 6.68. The Balaban J connectivity index is 1.48. The van der Waals surface area contributed by atoms with Crippen LogP contribution in [0.5, 0.6) is 0 Å². The average Bonchev–Trinajstić information content (AvgIpc) is 3.19. The second-order valence-electron chi connectivity index (χ2n) is 6.91. The predicted molar refractivity (Wildman–Crippen MR) is 123 cm³/mol. The number of hydrogen-bond donors (Lipinski definition) is 2. The predicted octanol–water partition coefficient (Wildman–Crippen LogP) is 5.90. The van der Waals surface area contributed by atoms with Gasteiger partial charge in [0.2, 0.25) is 5.95 Å². The summed E-state index contributed by atoms with van der Waals surface area (Å²) in [5.74, 6) is 1.35. The third-order valence-corrected chi connectivity index (χ3v) is 5.31. The molecule has 2 N–H and O–H groups in total. The molecule has 146 valence electrons. The van der Waals surface area contributed by atoms with Crippen LogP contribution in [0.15, 0.2) is 77.7 Å². The fraction of sp³-hybridized carbons (Fsp3) is 0.0435. The summed E-state index contributed by atoms with van der Waals surface area (Å²) < 4.78 is 1.00. The Morgan fingerprint density at radius 1 is 0.933 bits per heavy atom. The van der Waals surface area contributed by atoms with Crippen molar-refractivity contribution < 1.29 is 0 Å². The maximum absolute atomic E-state index is 4.72. The molecule has 5 aromatic rings. The summed E-state index contributed by atoms with van der Waals surface area (Å²) in [7, 11) is 0. The fourth-order valence-corrected chi connectivity index (χ4v) is 3.58. The number of aryl methyl sites for hydroxylation is 1. The Morgan fingerprint density at radius 2 is 1.87 bits per heavy atom. The largest absolute Gasteiger partial charge is 0.338 e. The van der Waals surface area contributed by atoms with Gasteiger partial charge in [-0.3, -0.25) is 4.98 Å². The van der Waals surface area contributed by atoms with E-state index >= 15 is 0 Å². The quantitative estimate of drug-likeness (QED) is 0.352. The molecular weight excluding hydrogens is 440 g/mol. The Kier molecular flexibility index (Phi) is 4.72. The van der Waals surface area contributed by atoms with Crippen molar-refractivity contribution in [2.75, 3.05) is 5.32 Å². The first-order valence-electron chi connectivity index (χ1n) is 9.42. The van der Waals surface area contributed by atoms with Crippen molar-refractivity contribution in [2.24, 2.45) is 0 Å². The van der Waals surface area contributed by atoms with Gasteiger partial charge in [0.1, 0.15) is 5.82 Å². The van der Waals surface area contributed by atoms with Crippen molar-refractivity contribution in [1.29, 1.82) is 0 Å². The molecule has 7 heteroatoms. The first-order chi connectivity index (χ1) is 14.7. The number of H-pyrrole nitrogens is 1. The molecule has 0 saturated heterocycles. The SMILES string of the molecule is Cc1ccc(-c2nc3cc(Br)ccc3[nH]2)cc1Nc1nccc(-c2cccnc2)n1. The third-order valence-electron chi connectivity index (χ3n) is 4.82. The zero-order chi connectivity index (χ0) is 20.5. The fourth-order valence-electron chi connectivity index (χ4n) is 3.23. The van der Waals surface area contributed by atoms with Gasteiger partial charge in [0.15, 0.2) is 0 Å². The van der Waals surface area contributed by atoms with Gasteiger partial charge in [-0.15, -0.1) is 0 Å². The van der Waals surface area contributed by atoms with Gasteiger partial charge in [-0.05, 0) is 55.0 Å². The number of aromatic amines is 1. The highest BCUT2D eigenvalue weighted by Crippen LogP contribution is 2.28. The van der Waals surface area contributed by atoms with Crippen LogP contribution in [0.3, 0.4) is 0 Å². The number of fused-ring (bicyclic) bond motifs is 1. The van der Waals surface area contributed by atoms with Crippen LogP contribution in [0.2, 0.25) is 0 Å². The van der Waals surface area contributed by atoms with E-state index in [0.717, 1.165) is 49.4 Å². The van der Waals surface area contributed by atoms with Crippen molar-refractivity contribution in [1.82, 2.24) is 24.9 Å². The normalized spacial score (nSPS) is 11.0. The topological polar surface area (TPSA) is 79.4 Å². The van der Waals surface area contributed by atoms with Crippen LogP contribution in [0.1, 0.15) is 5.56 Å². The molecule has 0 saturated carbocycles. The first kappa shape index (κ1) is 18.4. The average molecular weight is 457 g/mol. The van der Waals surface area contributed by atoms with Gasteiger partial charge in [0.05, 0.1) is 16.7 Å². The molecule has 0 aliphatic rings. The van der Waals surface area contributed by atoms with Crippen LogP contribution in [0.25, 0.3) is 33.7 Å². The van der Waals surface area contributed by atoms with E-state index in [1.54, 1.807) is 18.6 Å². The number of aromatic nitrogens is 5. The smallest absolute Gasteiger partial charge is 0.227 e. The molecule has 0 spiro atoms. The lowest BCUT2D eigenvalue weighted by atomic mass is 10.1. The molecule has 0 aliphatic carbocycles. The number of pyridine rings is 1. The minimum atomic E-state index is 0.533. The van der Waals surface area contributed by atoms with Crippen molar-refractivity contribution in [3.05, 3.63) is 83.2 Å². The van der Waals surface area contributed by atoms with Crippen molar-refractivity contribution in [2.45, 2.75) is 6.92 Å². The molecule has 6 nitrogen and oxygen atoms in total. The van der Waals surface area contributed by atoms with Gasteiger partial charge >= 0.3 is 0 Å². The number of nitrogens with one attached hydrogen (secondary N) is 2. The van der Waals surface area contributed by atoms with Crippen LogP contribution < -0.4 is 5.32 Å². The Morgan fingerprint density at radius 3 is 2.73 bits per heavy atom. The van der Waals surface area contributed by atoms with Gasteiger partial charge in [-0.25, -0.2) is 15.0 Å². The molecular formula is C23H17BrN6. The zero-order valence-electron chi connectivity index (χ0n) is 16.1. The van der Waals surface area contributed by atoms with Crippen molar-refractivity contribution in [3.8, 4) is 22.6 Å². The van der Waals surface area contributed by atoms with E-state index in [9.17, 15) is 0 Å². The minimum absolute atomic E-state index is 0.533. The molecule has 5 rings (SSSR count). The molecule has 0 unspecified atom stereocenters. The number of rotatable bonds is 4. The summed E-state index contributed by atoms with van der Waals surface area (Å²) in [5, 5.41) is 3.34. The van der Waals surface area contributed by atoms with E-state index < -0.39 is 0 Å². The molecule has 3 aromatic heterocycles. The number of benzene rings is 2. The van der Waals surface area contributed by atoms with Gasteiger partial charge in [0, 0.05) is 39.9 Å². The number of nitrogens with zero attached hydrogens (tertiary/aromatic N) is 4. The molecule has 3 heterocycles. The highest BCUT2D eigenvalue weighted by molar-refractivity contribution is 9.10. The highest BCUT2D eigenvalue weighted by Gasteiger charge is 2.10. The molecule has 0 amide bonds. The Labute approximate surface area is 181 Å². The molecule has 0 bridgehead atoms. The van der Waals surface area contributed by atoms with E-state index in [1.165, 1.54) is 0 Å². The number of anilines is 2. The lowest BCUT2D eigenvalue weighted by Crippen LogP contribution is -2.00. The third kappa shape index (κ3) is 3.67. The maximum atomic E-state index is 4.72. The summed E-state index contributed by atoms with van der Waals surface area (Å²) in [6.45, 7) is 2.05. The molecule has 0 atom stereocenters.